The summed E-state index contributed by atoms with van der Waals surface area (Å²) in [5.74, 6) is -2.71. The van der Waals surface area contributed by atoms with E-state index in [9.17, 15) is 22.8 Å². The number of hydrogen-bond acceptors (Lipinski definition) is 3. The first-order valence-corrected chi connectivity index (χ1v) is 9.22. The van der Waals surface area contributed by atoms with Gasteiger partial charge in [-0.2, -0.15) is 13.2 Å². The van der Waals surface area contributed by atoms with Crippen LogP contribution in [0.4, 0.5) is 23.9 Å². The van der Waals surface area contributed by atoms with Crippen LogP contribution in [0.1, 0.15) is 33.6 Å². The van der Waals surface area contributed by atoms with Crippen LogP contribution in [-0.4, -0.2) is 18.0 Å². The predicted molar refractivity (Wildman–Crippen MR) is 100 cm³/mol. The third-order valence-corrected chi connectivity index (χ3v) is 5.33. The predicted octanol–water partition coefficient (Wildman–Crippen LogP) is 5.50. The highest BCUT2D eigenvalue weighted by Gasteiger charge is 2.40. The molecule has 3 rings (SSSR count). The number of amides is 2. The number of hydrogen-bond donors (Lipinski definition) is 2. The van der Waals surface area contributed by atoms with Crippen molar-refractivity contribution in [1.82, 2.24) is 0 Å². The molecule has 0 unspecified atom stereocenters. The number of carbonyl (C=O) groups is 2. The Hall–Kier alpha value is -2.32. The van der Waals surface area contributed by atoms with Gasteiger partial charge in [0, 0.05) is 21.2 Å². The number of carbonyl (C=O) groups excluding carboxylic acids is 2. The van der Waals surface area contributed by atoms with Crippen molar-refractivity contribution in [2.24, 2.45) is 0 Å². The molecule has 2 amide bonds. The maximum Gasteiger partial charge on any atom is 0.471 e. The Kier molecular flexibility index (Phi) is 5.57. The van der Waals surface area contributed by atoms with Crippen LogP contribution in [0, 0.1) is 0 Å². The van der Waals surface area contributed by atoms with Gasteiger partial charge in [-0.05, 0) is 43.5 Å². The zero-order valence-corrected chi connectivity index (χ0v) is 15.4. The Bertz CT molecular complexity index is 905. The quantitative estimate of drug-likeness (QED) is 0.696. The van der Waals surface area contributed by atoms with Gasteiger partial charge in [-0.15, -0.1) is 11.3 Å². The van der Waals surface area contributed by atoms with Gasteiger partial charge >= 0.3 is 12.1 Å². The lowest BCUT2D eigenvalue weighted by Crippen LogP contribution is -2.30. The normalized spacial score (nSPS) is 13.6. The van der Waals surface area contributed by atoms with Gasteiger partial charge < -0.3 is 10.6 Å². The SMILES string of the molecule is O=C(Nc1ccc(Cl)cc1)c1c(NC(=O)C(F)(F)F)sc2c1C=CCCC2. The van der Waals surface area contributed by atoms with Crippen molar-refractivity contribution in [3.63, 3.8) is 0 Å². The molecular formula is C18H14ClF3N2O2S. The van der Waals surface area contributed by atoms with Gasteiger partial charge in [0.15, 0.2) is 0 Å². The number of anilines is 2. The minimum atomic E-state index is -5.04. The molecule has 0 radical (unpaired) electrons. The Labute approximate surface area is 162 Å². The number of aryl methyl sites for hydroxylation is 1. The number of nitrogens with one attached hydrogen (secondary N) is 2. The van der Waals surface area contributed by atoms with Crippen LogP contribution in [0.5, 0.6) is 0 Å². The second kappa shape index (κ2) is 7.74. The van der Waals surface area contributed by atoms with Crippen molar-refractivity contribution < 1.29 is 22.8 Å². The third-order valence-electron chi connectivity index (χ3n) is 3.89. The molecule has 0 fully saturated rings. The number of fused-ring (bicyclic) bond motifs is 1. The molecule has 1 heterocycles. The van der Waals surface area contributed by atoms with E-state index < -0.39 is 18.0 Å². The molecule has 2 N–H and O–H groups in total. The number of halogens is 4. The highest BCUT2D eigenvalue weighted by Crippen LogP contribution is 2.38. The second-order valence-corrected chi connectivity index (χ2v) is 7.39. The average molecular weight is 415 g/mol. The molecule has 0 saturated heterocycles. The minimum Gasteiger partial charge on any atom is -0.322 e. The van der Waals surface area contributed by atoms with E-state index >= 15 is 0 Å². The molecule has 27 heavy (non-hydrogen) atoms. The number of thiophene rings is 1. The summed E-state index contributed by atoms with van der Waals surface area (Å²) in [6.45, 7) is 0. The first-order valence-electron chi connectivity index (χ1n) is 8.03. The summed E-state index contributed by atoms with van der Waals surface area (Å²) in [5, 5.41) is 4.85. The van der Waals surface area contributed by atoms with Gasteiger partial charge in [-0.25, -0.2) is 0 Å². The van der Waals surface area contributed by atoms with Crippen LogP contribution < -0.4 is 10.6 Å². The van der Waals surface area contributed by atoms with Crippen molar-refractivity contribution in [3.05, 3.63) is 51.4 Å². The molecule has 1 aliphatic rings. The number of rotatable bonds is 3. The Morgan fingerprint density at radius 3 is 2.48 bits per heavy atom. The van der Waals surface area contributed by atoms with E-state index in [-0.39, 0.29) is 10.6 Å². The summed E-state index contributed by atoms with van der Waals surface area (Å²) in [5.41, 5.74) is 1.01. The molecule has 0 bridgehead atoms. The van der Waals surface area contributed by atoms with E-state index in [1.807, 2.05) is 11.4 Å². The van der Waals surface area contributed by atoms with Crippen molar-refractivity contribution in [3.8, 4) is 0 Å². The summed E-state index contributed by atoms with van der Waals surface area (Å²) >= 11 is 6.81. The van der Waals surface area contributed by atoms with Gasteiger partial charge in [-0.1, -0.05) is 23.8 Å². The molecular weight excluding hydrogens is 401 g/mol. The van der Waals surface area contributed by atoms with E-state index in [1.54, 1.807) is 30.3 Å². The summed E-state index contributed by atoms with van der Waals surface area (Å²) < 4.78 is 38.0. The topological polar surface area (TPSA) is 58.2 Å². The molecule has 2 aromatic rings. The van der Waals surface area contributed by atoms with Gasteiger partial charge in [0.2, 0.25) is 0 Å². The van der Waals surface area contributed by atoms with Crippen LogP contribution in [0.25, 0.3) is 6.08 Å². The van der Waals surface area contributed by atoms with E-state index in [4.69, 9.17) is 11.6 Å². The third kappa shape index (κ3) is 4.51. The Balaban J connectivity index is 1.97. The average Bonchev–Trinajstić information content (AvgIpc) is 2.77. The van der Waals surface area contributed by atoms with Crippen LogP contribution in [0.3, 0.4) is 0 Å². The van der Waals surface area contributed by atoms with Crippen molar-refractivity contribution >= 4 is 51.5 Å². The smallest absolute Gasteiger partial charge is 0.322 e. The lowest BCUT2D eigenvalue weighted by Gasteiger charge is -2.10. The zero-order valence-electron chi connectivity index (χ0n) is 13.8. The standard InChI is InChI=1S/C18H14ClF3N2O2S/c19-10-6-8-11(9-7-10)23-15(25)14-12-4-2-1-3-5-13(12)27-16(14)24-17(26)18(20,21)22/h2,4,6-9H,1,3,5H2,(H,23,25)(H,24,26). The lowest BCUT2D eigenvalue weighted by atomic mass is 10.1. The van der Waals surface area contributed by atoms with Crippen molar-refractivity contribution in [2.45, 2.75) is 25.4 Å². The lowest BCUT2D eigenvalue weighted by molar-refractivity contribution is -0.167. The van der Waals surface area contributed by atoms with Gasteiger partial charge in [0.05, 0.1) is 5.56 Å². The number of allylic oxidation sites excluding steroid dienone is 1. The van der Waals surface area contributed by atoms with Gasteiger partial charge in [0.25, 0.3) is 5.91 Å². The minimum absolute atomic E-state index is 0.0284. The van der Waals surface area contributed by atoms with E-state index in [0.29, 0.717) is 22.7 Å². The fourth-order valence-corrected chi connectivity index (χ4v) is 4.00. The van der Waals surface area contributed by atoms with Crippen LogP contribution in [0.15, 0.2) is 30.3 Å². The van der Waals surface area contributed by atoms with Crippen LogP contribution in [-0.2, 0) is 11.2 Å². The summed E-state index contributed by atoms with van der Waals surface area (Å²) in [7, 11) is 0. The van der Waals surface area contributed by atoms with Crippen LogP contribution >= 0.6 is 22.9 Å². The fourth-order valence-electron chi connectivity index (χ4n) is 2.65. The summed E-state index contributed by atoms with van der Waals surface area (Å²) in [6.07, 6.45) is 0.794. The highest BCUT2D eigenvalue weighted by atomic mass is 35.5. The maximum atomic E-state index is 12.8. The number of benzene rings is 1. The Morgan fingerprint density at radius 2 is 1.81 bits per heavy atom. The maximum absolute atomic E-state index is 12.8. The van der Waals surface area contributed by atoms with Crippen molar-refractivity contribution in [1.29, 1.82) is 0 Å². The molecule has 1 aliphatic carbocycles. The number of alkyl halides is 3. The molecule has 0 spiro atoms. The van der Waals surface area contributed by atoms with E-state index in [2.05, 4.69) is 5.32 Å². The van der Waals surface area contributed by atoms with Crippen LogP contribution in [0.2, 0.25) is 5.02 Å². The zero-order chi connectivity index (χ0) is 19.6. The van der Waals surface area contributed by atoms with E-state index in [0.717, 1.165) is 29.1 Å². The monoisotopic (exact) mass is 414 g/mol. The molecule has 0 atom stereocenters. The molecule has 1 aromatic heterocycles. The molecule has 1 aromatic carbocycles. The molecule has 142 valence electrons. The largest absolute Gasteiger partial charge is 0.471 e. The first-order chi connectivity index (χ1) is 12.8. The highest BCUT2D eigenvalue weighted by molar-refractivity contribution is 7.17. The molecule has 0 aliphatic heterocycles. The Morgan fingerprint density at radius 1 is 1.11 bits per heavy atom. The summed E-state index contributed by atoms with van der Waals surface area (Å²) in [6, 6.07) is 6.32. The van der Waals surface area contributed by atoms with E-state index in [1.165, 1.54) is 0 Å². The van der Waals surface area contributed by atoms with Gasteiger partial charge in [-0.3, -0.25) is 9.59 Å². The van der Waals surface area contributed by atoms with Crippen molar-refractivity contribution in [2.75, 3.05) is 10.6 Å². The first kappa shape index (κ1) is 19.4. The molecule has 0 saturated carbocycles. The summed E-state index contributed by atoms with van der Waals surface area (Å²) in [4.78, 5) is 25.0. The fraction of sp³-hybridized carbons (Fsp3) is 0.222. The molecule has 4 nitrogen and oxygen atoms in total. The second-order valence-electron chi connectivity index (χ2n) is 5.85. The van der Waals surface area contributed by atoms with Gasteiger partial charge in [0.1, 0.15) is 5.00 Å². The molecule has 9 heteroatoms.